The quantitative estimate of drug-likeness (QED) is 0.0220. The smallest absolute Gasteiger partial charge is 0.246 e. The summed E-state index contributed by atoms with van der Waals surface area (Å²) >= 11 is 0. The Bertz CT molecular complexity index is 6400. The largest absolute Gasteiger partial charge is 0.393 e. The van der Waals surface area contributed by atoms with Crippen LogP contribution in [0.2, 0.25) is 0 Å². The summed E-state index contributed by atoms with van der Waals surface area (Å²) in [5.41, 5.74) is 12.2. The number of sulfonamides is 2. The lowest BCUT2D eigenvalue weighted by Gasteiger charge is -2.35. The van der Waals surface area contributed by atoms with E-state index in [1.54, 1.807) is 24.5 Å². The molecule has 3 saturated heterocycles. The van der Waals surface area contributed by atoms with E-state index in [-0.39, 0.29) is 52.5 Å². The van der Waals surface area contributed by atoms with Gasteiger partial charge in [0.25, 0.3) is 0 Å². The molecule has 9 fully saturated rings. The molecule has 11 heterocycles. The lowest BCUT2D eigenvalue weighted by Crippen LogP contribution is -2.40. The number of nitrogens with zero attached hydrogens (tertiary/aromatic N) is 15. The van der Waals surface area contributed by atoms with Crippen LogP contribution >= 0.6 is 0 Å². The lowest BCUT2D eigenvalue weighted by molar-refractivity contribution is 0.0729. The molecule has 31 heteroatoms. The number of unbranched alkanes of at least 4 members (excludes halogenated alkanes) is 3. The number of fused-ring (bicyclic) bond motifs is 4. The highest BCUT2D eigenvalue weighted by molar-refractivity contribution is 7.89. The second kappa shape index (κ2) is 45.7. The van der Waals surface area contributed by atoms with Crippen LogP contribution in [0.25, 0.3) is 88.6 Å². The zero-order valence-electron chi connectivity index (χ0n) is 82.5. The third-order valence-electron chi connectivity index (χ3n) is 31.0. The van der Waals surface area contributed by atoms with Gasteiger partial charge < -0.3 is 54.5 Å². The summed E-state index contributed by atoms with van der Waals surface area (Å²) in [6.07, 6.45) is 51.6. The predicted octanol–water partition coefficient (Wildman–Crippen LogP) is 22.9. The predicted molar refractivity (Wildman–Crippen MR) is 551 cm³/mol. The number of likely N-dealkylation sites (tertiary alicyclic amines) is 1. The van der Waals surface area contributed by atoms with Crippen molar-refractivity contribution in [2.45, 2.75) is 299 Å². The average Bonchev–Trinajstić information content (AvgIpc) is 1.58. The first-order chi connectivity index (χ1) is 68.1. The molecule has 0 unspecified atom stereocenters. The number of anilines is 4. The molecule has 21 rings (SSSR count). The van der Waals surface area contributed by atoms with Crippen molar-refractivity contribution >= 4 is 88.0 Å². The number of aromatic nitrogens is 12. The molecule has 0 spiro atoms. The Labute approximate surface area is 823 Å². The third kappa shape index (κ3) is 23.4. The molecule has 140 heavy (non-hydrogen) atoms. The molecule has 0 bridgehead atoms. The highest BCUT2D eigenvalue weighted by Gasteiger charge is 2.49. The van der Waals surface area contributed by atoms with E-state index in [4.69, 9.17) is 24.7 Å². The Morgan fingerprint density at radius 3 is 1.31 bits per heavy atom. The summed E-state index contributed by atoms with van der Waals surface area (Å²) in [5, 5.41) is 37.2. The van der Waals surface area contributed by atoms with Crippen LogP contribution in [0.1, 0.15) is 270 Å². The van der Waals surface area contributed by atoms with Gasteiger partial charge in [0.1, 0.15) is 44.9 Å². The number of ether oxygens (including phenoxy) is 1. The van der Waals surface area contributed by atoms with Crippen LogP contribution in [-0.2, 0) is 36.9 Å². The Morgan fingerprint density at radius 2 is 0.836 bits per heavy atom. The second-order valence-electron chi connectivity index (χ2n) is 41.2. The van der Waals surface area contributed by atoms with E-state index < -0.39 is 31.7 Å². The van der Waals surface area contributed by atoms with Gasteiger partial charge in [-0.05, 0) is 250 Å². The number of hydrogen-bond acceptors (Lipinski definition) is 20. The number of piperidine rings is 2. The van der Waals surface area contributed by atoms with E-state index in [1.807, 2.05) is 36.9 Å². The van der Waals surface area contributed by atoms with Gasteiger partial charge in [-0.3, -0.25) is 4.90 Å². The molecule has 750 valence electrons. The summed E-state index contributed by atoms with van der Waals surface area (Å²) in [4.78, 5) is 40.3. The maximum atomic E-state index is 15.6. The van der Waals surface area contributed by atoms with Gasteiger partial charge in [-0.15, -0.1) is 0 Å². The summed E-state index contributed by atoms with van der Waals surface area (Å²) < 4.78 is 114. The van der Waals surface area contributed by atoms with Gasteiger partial charge in [0.05, 0.1) is 30.3 Å². The highest BCUT2D eigenvalue weighted by Crippen LogP contribution is 2.53. The molecule has 26 nitrogen and oxygen atoms in total. The van der Waals surface area contributed by atoms with E-state index in [0.29, 0.717) is 97.6 Å². The van der Waals surface area contributed by atoms with Gasteiger partial charge in [-0.25, -0.2) is 49.9 Å². The van der Waals surface area contributed by atoms with Crippen LogP contribution in [-0.4, -0.2) is 190 Å². The van der Waals surface area contributed by atoms with Crippen molar-refractivity contribution in [2.75, 3.05) is 99.9 Å². The van der Waals surface area contributed by atoms with Gasteiger partial charge in [0.2, 0.25) is 43.8 Å². The van der Waals surface area contributed by atoms with E-state index in [0.717, 1.165) is 214 Å². The SMILES string of the molecule is CC1CCC(n2cc(-c3ccc(F)cc3)c3cnc(NCCC4CC4)nc32)CC1.CCCCNc1ncc2c(-c3ccc(C4(N5CCCCC5)CC4)cc3)cn(C3CCC(O)CC3)c2n1.CCCCNc1ncc2c(-c3ccc(S(=O)(=O)N4CCCCC4)cc3F)cn(C3CCC(O)CC3)c2n1.CCCCNc1ncc2c(-c3ccc(S(=O)(=O)N4CCOCC4)c(F)c3)cn(CC3CCC(C)CC3)c2n1. The normalized spacial score (nSPS) is 22.2. The fraction of sp³-hybridized carbons (Fsp3) is 0.560. The maximum absolute atomic E-state index is 15.6. The number of rotatable bonds is 31. The average molecular weight is 1950 g/mol. The summed E-state index contributed by atoms with van der Waals surface area (Å²) in [6, 6.07) is 25.7. The minimum atomic E-state index is -3.93. The molecule has 0 amide bonds. The Kier molecular flexibility index (Phi) is 32.7. The number of morpholine rings is 1. The van der Waals surface area contributed by atoms with E-state index in [9.17, 15) is 31.4 Å². The monoisotopic (exact) mass is 1950 g/mol. The Balaban J connectivity index is 0.000000124. The first kappa shape index (κ1) is 100. The third-order valence-corrected chi connectivity index (χ3v) is 34.8. The fourth-order valence-electron chi connectivity index (χ4n) is 22.0. The first-order valence-corrected chi connectivity index (χ1v) is 55.6. The van der Waals surface area contributed by atoms with E-state index >= 15 is 8.78 Å². The van der Waals surface area contributed by atoms with Crippen molar-refractivity contribution in [1.82, 2.24) is 71.7 Å². The topological polar surface area (TPSA) is 299 Å². The molecule has 4 aromatic carbocycles. The molecule has 0 radical (unpaired) electrons. The van der Waals surface area contributed by atoms with Crippen LogP contribution in [0.3, 0.4) is 0 Å². The van der Waals surface area contributed by atoms with Gasteiger partial charge >= 0.3 is 0 Å². The maximum Gasteiger partial charge on any atom is 0.246 e. The van der Waals surface area contributed by atoms with Crippen molar-refractivity contribution in [2.24, 2.45) is 23.7 Å². The van der Waals surface area contributed by atoms with Crippen LogP contribution in [0, 0.1) is 41.1 Å². The first-order valence-electron chi connectivity index (χ1n) is 52.7. The minimum absolute atomic E-state index is 0.0145. The lowest BCUT2D eigenvalue weighted by atomic mass is 9.83. The molecule has 0 atom stereocenters. The minimum Gasteiger partial charge on any atom is -0.393 e. The van der Waals surface area contributed by atoms with Crippen molar-refractivity contribution in [3.8, 4) is 44.5 Å². The van der Waals surface area contributed by atoms with Crippen LogP contribution in [0.5, 0.6) is 0 Å². The van der Waals surface area contributed by atoms with Crippen molar-refractivity contribution in [3.63, 3.8) is 0 Å². The molecular weight excluding hydrogens is 1810 g/mol. The molecule has 6 saturated carbocycles. The van der Waals surface area contributed by atoms with E-state index in [2.05, 4.69) is 136 Å². The van der Waals surface area contributed by atoms with Gasteiger partial charge in [-0.2, -0.15) is 28.5 Å². The number of nitrogens with one attached hydrogen (secondary N) is 4. The summed E-state index contributed by atoms with van der Waals surface area (Å²) in [6.45, 7) is 19.9. The van der Waals surface area contributed by atoms with Crippen LogP contribution < -0.4 is 21.3 Å². The Morgan fingerprint density at radius 1 is 0.414 bits per heavy atom. The molecule has 9 aliphatic rings. The fourth-order valence-corrected chi connectivity index (χ4v) is 25.0. The summed E-state index contributed by atoms with van der Waals surface area (Å²) in [5.74, 6) is 4.04. The molecular formula is C109H144F3N19O7S2. The van der Waals surface area contributed by atoms with E-state index in [1.165, 1.54) is 171 Å². The van der Waals surface area contributed by atoms with Crippen molar-refractivity contribution in [3.05, 3.63) is 158 Å². The number of aliphatic hydroxyl groups excluding tert-OH is 2. The molecule has 6 aliphatic carbocycles. The van der Waals surface area contributed by atoms with Gasteiger partial charge in [-0.1, -0.05) is 141 Å². The number of aliphatic hydroxyl groups is 2. The van der Waals surface area contributed by atoms with Gasteiger partial charge in [0.15, 0.2) is 0 Å². The summed E-state index contributed by atoms with van der Waals surface area (Å²) in [7, 11) is -7.66. The molecule has 12 aromatic rings. The van der Waals surface area contributed by atoms with Crippen LogP contribution in [0.15, 0.2) is 144 Å². The van der Waals surface area contributed by atoms with Crippen molar-refractivity contribution in [1.29, 1.82) is 0 Å². The molecule has 6 N–H and O–H groups in total. The number of benzene rings is 4. The molecule has 3 aliphatic heterocycles. The van der Waals surface area contributed by atoms with Gasteiger partial charge in [0, 0.05) is 182 Å². The molecule has 8 aromatic heterocycles. The standard InChI is InChI=1S/C30H41N5O.C28H38FN5O3S.C27H36FN5O3S.C24H29FN4/c1-2-3-17-31-29-32-20-26-27(21-35(28(26)33-29)24-11-13-25(36)14-12-24)22-7-9-23(10-8-22)30(15-16-30)34-18-5-4-6-19-34;1-3-4-11-30-28-31-17-23-24(19-33(27(23)32-28)18-21-7-5-20(2)6-8-21)22-9-10-26(25(29)16-22)38(35,36)34-12-14-37-15-13-34;1-2-3-13-29-27-30-17-23-24(18-33(26(23)31-27)19-7-9-20(34)10-8-19)22-12-11-21(16-25(22)28)37(35,36)32-14-5-4-6-15-32;1-16-2-10-20(11-3-16)29-15-22(18-6-8-19(25)9-7-18)21-14-27-24(28-23(21)29)26-13-12-17-4-5-17/h7-10,20-21,24-25,36H,2-6,11-19H2,1H3,(H,31,32,33);9-10,16-17,19-21H,3-8,11-15,18H2,1-2H3,(H,30,31,32);11-12,16-20,34H,2-10,13-15H2,1H3,(H,29,30,31);6-9,14-17,20H,2-5,10-13H2,1H3,(H,26,27,28). The number of hydrogen-bond donors (Lipinski definition) is 6. The zero-order valence-corrected chi connectivity index (χ0v) is 84.2. The zero-order chi connectivity index (χ0) is 97.0. The Hall–Kier alpha value is -9.99. The van der Waals surface area contributed by atoms with Crippen molar-refractivity contribution < 1.29 is 45.0 Å². The van der Waals surface area contributed by atoms with Crippen LogP contribution in [0.4, 0.5) is 37.0 Å². The second-order valence-corrected chi connectivity index (χ2v) is 45.0. The number of halogens is 3. The highest BCUT2D eigenvalue weighted by atomic mass is 32.2.